The lowest BCUT2D eigenvalue weighted by Gasteiger charge is -2.27. The molecule has 0 bridgehead atoms. The molecule has 8 heteroatoms. The van der Waals surface area contributed by atoms with Gasteiger partial charge in [-0.05, 0) is 40.7 Å². The van der Waals surface area contributed by atoms with E-state index in [1.54, 1.807) is 6.21 Å². The van der Waals surface area contributed by atoms with Crippen molar-refractivity contribution in [2.75, 3.05) is 5.75 Å². The Morgan fingerprint density at radius 2 is 1.49 bits per heavy atom. The number of hydrogen-bond donors (Lipinski definition) is 2. The van der Waals surface area contributed by atoms with E-state index in [0.717, 1.165) is 27.9 Å². The van der Waals surface area contributed by atoms with E-state index in [1.807, 2.05) is 77.4 Å². The van der Waals surface area contributed by atoms with Crippen LogP contribution in [0.2, 0.25) is 0 Å². The van der Waals surface area contributed by atoms with Crippen LogP contribution in [0.15, 0.2) is 83.1 Å². The van der Waals surface area contributed by atoms with E-state index in [-0.39, 0.29) is 22.5 Å². The molecule has 0 aliphatic carbocycles. The molecule has 4 aromatic rings. The van der Waals surface area contributed by atoms with E-state index in [0.29, 0.717) is 16.7 Å². The van der Waals surface area contributed by atoms with Gasteiger partial charge < -0.3 is 5.11 Å². The summed E-state index contributed by atoms with van der Waals surface area (Å²) in [6.07, 6.45) is 1.62. The molecule has 39 heavy (non-hydrogen) atoms. The number of hydrazone groups is 1. The van der Waals surface area contributed by atoms with Gasteiger partial charge in [0, 0.05) is 22.4 Å². The number of aromatic hydroxyl groups is 1. The Labute approximate surface area is 234 Å². The summed E-state index contributed by atoms with van der Waals surface area (Å²) in [4.78, 5) is 12.7. The van der Waals surface area contributed by atoms with Crippen molar-refractivity contribution >= 4 is 23.9 Å². The molecule has 0 saturated heterocycles. The fourth-order valence-electron chi connectivity index (χ4n) is 4.16. The highest BCUT2D eigenvalue weighted by Gasteiger charge is 2.26. The number of phenols is 1. The molecule has 0 aliphatic rings. The quantitative estimate of drug-likeness (QED) is 0.159. The fourth-order valence-corrected chi connectivity index (χ4v) is 4.91. The smallest absolute Gasteiger partial charge is 0.250 e. The van der Waals surface area contributed by atoms with Crippen LogP contribution in [-0.4, -0.2) is 37.7 Å². The first-order valence-electron chi connectivity index (χ1n) is 12.8. The van der Waals surface area contributed by atoms with Crippen LogP contribution in [0.3, 0.4) is 0 Å². The Bertz CT molecular complexity index is 1430. The first-order valence-corrected chi connectivity index (χ1v) is 13.8. The zero-order chi connectivity index (χ0) is 28.2. The third-order valence-electron chi connectivity index (χ3n) is 6.16. The topological polar surface area (TPSA) is 92.4 Å². The van der Waals surface area contributed by atoms with E-state index in [1.165, 1.54) is 11.8 Å². The Hall–Kier alpha value is -3.91. The minimum absolute atomic E-state index is 0.118. The SMILES string of the molecule is CC(C)(C)c1cc(/C=N\NC(=O)CSc2nnc(-c3ccccc3)n2-c2ccccc2)cc(C(C)(C)C)c1O. The Morgan fingerprint density at radius 1 is 0.923 bits per heavy atom. The van der Waals surface area contributed by atoms with Crippen LogP contribution < -0.4 is 5.43 Å². The Balaban J connectivity index is 1.50. The summed E-state index contributed by atoms with van der Waals surface area (Å²) in [5, 5.41) is 24.5. The van der Waals surface area contributed by atoms with Crippen LogP contribution in [0.1, 0.15) is 58.2 Å². The first-order chi connectivity index (χ1) is 18.4. The van der Waals surface area contributed by atoms with Gasteiger partial charge in [-0.2, -0.15) is 5.10 Å². The van der Waals surface area contributed by atoms with Crippen LogP contribution in [0.4, 0.5) is 0 Å². The molecule has 7 nitrogen and oxygen atoms in total. The Kier molecular flexibility index (Phi) is 8.25. The maximum absolute atomic E-state index is 12.7. The summed E-state index contributed by atoms with van der Waals surface area (Å²) in [5.74, 6) is 0.878. The third-order valence-corrected chi connectivity index (χ3v) is 7.09. The number of nitrogens with one attached hydrogen (secondary N) is 1. The molecule has 4 rings (SSSR count). The predicted octanol–water partition coefficient (Wildman–Crippen LogP) is 6.48. The van der Waals surface area contributed by atoms with Crippen molar-refractivity contribution in [2.45, 2.75) is 57.5 Å². The lowest BCUT2D eigenvalue weighted by Crippen LogP contribution is -2.20. The molecule has 0 fully saturated rings. The van der Waals surface area contributed by atoms with E-state index in [9.17, 15) is 9.90 Å². The highest BCUT2D eigenvalue weighted by Crippen LogP contribution is 2.39. The van der Waals surface area contributed by atoms with Gasteiger partial charge in [0.15, 0.2) is 11.0 Å². The molecule has 0 radical (unpaired) electrons. The fraction of sp³-hybridized carbons (Fsp3) is 0.290. The average Bonchev–Trinajstić information content (AvgIpc) is 3.32. The zero-order valence-corrected chi connectivity index (χ0v) is 24.1. The molecular formula is C31H35N5O2S. The average molecular weight is 542 g/mol. The second-order valence-corrected chi connectivity index (χ2v) is 12.3. The zero-order valence-electron chi connectivity index (χ0n) is 23.3. The van der Waals surface area contributed by atoms with Gasteiger partial charge in [-0.15, -0.1) is 10.2 Å². The third kappa shape index (κ3) is 6.75. The van der Waals surface area contributed by atoms with E-state index in [2.05, 4.69) is 62.3 Å². The van der Waals surface area contributed by atoms with E-state index in [4.69, 9.17) is 0 Å². The Morgan fingerprint density at radius 3 is 2.05 bits per heavy atom. The molecule has 0 aliphatic heterocycles. The number of rotatable bonds is 7. The molecule has 1 heterocycles. The van der Waals surface area contributed by atoms with Crippen molar-refractivity contribution in [3.63, 3.8) is 0 Å². The summed E-state index contributed by atoms with van der Waals surface area (Å²) in [6, 6.07) is 23.5. The molecular weight excluding hydrogens is 506 g/mol. The number of benzene rings is 3. The van der Waals surface area contributed by atoms with Gasteiger partial charge >= 0.3 is 0 Å². The number of phenolic OH excluding ortho intramolecular Hbond substituents is 1. The minimum atomic E-state index is -0.258. The number of hydrogen-bond acceptors (Lipinski definition) is 6. The predicted molar refractivity (Wildman–Crippen MR) is 159 cm³/mol. The summed E-state index contributed by atoms with van der Waals surface area (Å²) < 4.78 is 1.95. The van der Waals surface area contributed by atoms with Gasteiger partial charge in [-0.25, -0.2) is 5.43 Å². The number of carbonyl (C=O) groups excluding carboxylic acids is 1. The summed E-state index contributed by atoms with van der Waals surface area (Å²) >= 11 is 1.30. The van der Waals surface area contributed by atoms with Crippen molar-refractivity contribution in [1.29, 1.82) is 0 Å². The number of thioether (sulfide) groups is 1. The summed E-state index contributed by atoms with van der Waals surface area (Å²) in [5.41, 5.74) is 6.47. The number of para-hydroxylation sites is 1. The van der Waals surface area contributed by atoms with Crippen molar-refractivity contribution in [2.24, 2.45) is 5.10 Å². The molecule has 2 N–H and O–H groups in total. The van der Waals surface area contributed by atoms with Crippen LogP contribution in [0.25, 0.3) is 17.1 Å². The number of amides is 1. The molecule has 3 aromatic carbocycles. The highest BCUT2D eigenvalue weighted by atomic mass is 32.2. The molecule has 0 saturated carbocycles. The molecule has 0 atom stereocenters. The molecule has 0 spiro atoms. The standard InChI is InChI=1S/C31H35N5O2S/c1-30(2,3)24-17-21(18-25(27(24)38)31(4,5)6)19-32-33-26(37)20-39-29-35-34-28(22-13-9-7-10-14-22)36(29)23-15-11-8-12-16-23/h7-19,38H,20H2,1-6H3,(H,33,37)/b32-19-. The van der Waals surface area contributed by atoms with Gasteiger partial charge in [-0.3, -0.25) is 9.36 Å². The normalized spacial score (nSPS) is 12.2. The van der Waals surface area contributed by atoms with Crippen LogP contribution >= 0.6 is 11.8 Å². The van der Waals surface area contributed by atoms with Gasteiger partial charge in [0.25, 0.3) is 5.91 Å². The monoisotopic (exact) mass is 541 g/mol. The maximum Gasteiger partial charge on any atom is 0.250 e. The summed E-state index contributed by atoms with van der Waals surface area (Å²) in [7, 11) is 0. The van der Waals surface area contributed by atoms with Crippen LogP contribution in [0.5, 0.6) is 5.75 Å². The summed E-state index contributed by atoms with van der Waals surface area (Å²) in [6.45, 7) is 12.4. The molecule has 0 unspecified atom stereocenters. The molecule has 1 amide bonds. The lowest BCUT2D eigenvalue weighted by atomic mass is 9.78. The van der Waals surface area contributed by atoms with Gasteiger partial charge in [0.2, 0.25) is 0 Å². The van der Waals surface area contributed by atoms with Crippen molar-refractivity contribution in [3.8, 4) is 22.8 Å². The van der Waals surface area contributed by atoms with Crippen molar-refractivity contribution in [3.05, 3.63) is 89.5 Å². The van der Waals surface area contributed by atoms with E-state index < -0.39 is 0 Å². The van der Waals surface area contributed by atoms with Crippen LogP contribution in [-0.2, 0) is 15.6 Å². The molecule has 1 aromatic heterocycles. The van der Waals surface area contributed by atoms with Gasteiger partial charge in [-0.1, -0.05) is 102 Å². The van der Waals surface area contributed by atoms with Crippen molar-refractivity contribution < 1.29 is 9.90 Å². The van der Waals surface area contributed by atoms with E-state index >= 15 is 0 Å². The minimum Gasteiger partial charge on any atom is -0.507 e. The molecule has 202 valence electrons. The maximum atomic E-state index is 12.7. The van der Waals surface area contributed by atoms with Crippen molar-refractivity contribution in [1.82, 2.24) is 20.2 Å². The second kappa shape index (κ2) is 11.5. The second-order valence-electron chi connectivity index (χ2n) is 11.4. The van der Waals surface area contributed by atoms with Crippen LogP contribution in [0, 0.1) is 0 Å². The number of carbonyl (C=O) groups is 1. The highest BCUT2D eigenvalue weighted by molar-refractivity contribution is 7.99. The lowest BCUT2D eigenvalue weighted by molar-refractivity contribution is -0.118. The van der Waals surface area contributed by atoms with Gasteiger partial charge in [0.05, 0.1) is 12.0 Å². The largest absolute Gasteiger partial charge is 0.507 e. The number of aromatic nitrogens is 3. The number of nitrogens with zero attached hydrogens (tertiary/aromatic N) is 4. The first kappa shape index (κ1) is 28.1. The van der Waals surface area contributed by atoms with Gasteiger partial charge in [0.1, 0.15) is 5.75 Å².